The zero-order valence-electron chi connectivity index (χ0n) is 20.7. The van der Waals surface area contributed by atoms with Gasteiger partial charge in [0.05, 0.1) is 22.1 Å². The second-order valence-electron chi connectivity index (χ2n) is 8.26. The number of hydrogen-bond donors (Lipinski definition) is 2. The van der Waals surface area contributed by atoms with Gasteiger partial charge in [0.15, 0.2) is 0 Å². The van der Waals surface area contributed by atoms with Crippen LogP contribution < -0.4 is 14.8 Å². The average molecular weight is 567 g/mol. The fraction of sp³-hybridized carbons (Fsp3) is 0.143. The Morgan fingerprint density at radius 3 is 2.51 bits per heavy atom. The quantitative estimate of drug-likeness (QED) is 0.300. The molecule has 1 heterocycles. The van der Waals surface area contributed by atoms with Crippen LogP contribution in [0.1, 0.15) is 28.4 Å². The number of benzene rings is 3. The van der Waals surface area contributed by atoms with Crippen molar-refractivity contribution in [3.05, 3.63) is 93.3 Å². The van der Waals surface area contributed by atoms with Crippen molar-refractivity contribution in [2.75, 3.05) is 18.5 Å². The van der Waals surface area contributed by atoms with Crippen molar-refractivity contribution < 1.29 is 33.8 Å². The molecule has 1 saturated heterocycles. The number of halogens is 1. The number of anilines is 1. The highest BCUT2D eigenvalue weighted by molar-refractivity contribution is 8.18. The van der Waals surface area contributed by atoms with Crippen LogP contribution in [-0.4, -0.2) is 46.2 Å². The zero-order valence-corrected chi connectivity index (χ0v) is 22.3. The van der Waals surface area contributed by atoms with Gasteiger partial charge >= 0.3 is 5.97 Å². The Hall–Kier alpha value is -4.28. The van der Waals surface area contributed by atoms with Crippen molar-refractivity contribution in [3.8, 4) is 11.5 Å². The maximum atomic E-state index is 12.8. The summed E-state index contributed by atoms with van der Waals surface area (Å²) in [6.07, 6.45) is 1.52. The molecule has 2 N–H and O–H groups in total. The SMILES string of the molecule is CCOc1ccc(NC(=O)CN2C(=O)S/C(=C/c3ccc(OCc4cccc(C(=O)O)c4)c(Cl)c3)C2=O)cc1. The first-order valence-corrected chi connectivity index (χ1v) is 13.0. The van der Waals surface area contributed by atoms with E-state index >= 15 is 0 Å². The second-order valence-corrected chi connectivity index (χ2v) is 9.66. The van der Waals surface area contributed by atoms with Crippen molar-refractivity contribution >= 4 is 58.1 Å². The summed E-state index contributed by atoms with van der Waals surface area (Å²) in [4.78, 5) is 49.9. The van der Waals surface area contributed by atoms with E-state index in [9.17, 15) is 19.2 Å². The molecule has 0 radical (unpaired) electrons. The van der Waals surface area contributed by atoms with Gasteiger partial charge in [-0.25, -0.2) is 4.79 Å². The maximum absolute atomic E-state index is 12.8. The molecule has 9 nitrogen and oxygen atoms in total. The van der Waals surface area contributed by atoms with Crippen LogP contribution in [0.2, 0.25) is 5.02 Å². The number of nitrogens with zero attached hydrogens (tertiary/aromatic N) is 1. The van der Waals surface area contributed by atoms with Crippen LogP contribution in [-0.2, 0) is 16.2 Å². The van der Waals surface area contributed by atoms with Gasteiger partial charge in [-0.3, -0.25) is 19.3 Å². The molecule has 1 aliphatic rings. The number of aromatic carboxylic acids is 1. The monoisotopic (exact) mass is 566 g/mol. The predicted octanol–water partition coefficient (Wildman–Crippen LogP) is 5.69. The van der Waals surface area contributed by atoms with Crippen LogP contribution >= 0.6 is 23.4 Å². The number of carbonyl (C=O) groups is 4. The summed E-state index contributed by atoms with van der Waals surface area (Å²) in [5.74, 6) is -1.09. The Morgan fingerprint density at radius 2 is 1.82 bits per heavy atom. The van der Waals surface area contributed by atoms with Gasteiger partial charge in [-0.1, -0.05) is 29.8 Å². The lowest BCUT2D eigenvalue weighted by Crippen LogP contribution is -2.36. The van der Waals surface area contributed by atoms with Crippen molar-refractivity contribution in [2.24, 2.45) is 0 Å². The molecule has 3 aromatic rings. The van der Waals surface area contributed by atoms with Crippen molar-refractivity contribution in [3.63, 3.8) is 0 Å². The molecular formula is C28H23ClN2O7S. The Morgan fingerprint density at radius 1 is 1.05 bits per heavy atom. The molecule has 0 atom stereocenters. The first-order valence-electron chi connectivity index (χ1n) is 11.8. The molecule has 39 heavy (non-hydrogen) atoms. The summed E-state index contributed by atoms with van der Waals surface area (Å²) in [7, 11) is 0. The summed E-state index contributed by atoms with van der Waals surface area (Å²) in [5.41, 5.74) is 1.89. The number of nitrogens with one attached hydrogen (secondary N) is 1. The van der Waals surface area contributed by atoms with Crippen molar-refractivity contribution in [2.45, 2.75) is 13.5 Å². The van der Waals surface area contributed by atoms with Gasteiger partial charge in [0, 0.05) is 5.69 Å². The minimum Gasteiger partial charge on any atom is -0.494 e. The maximum Gasteiger partial charge on any atom is 0.335 e. The van der Waals surface area contributed by atoms with Gasteiger partial charge in [-0.05, 0) is 84.4 Å². The summed E-state index contributed by atoms with van der Waals surface area (Å²) in [5, 5.41) is 11.5. The third-order valence-electron chi connectivity index (χ3n) is 5.45. The largest absolute Gasteiger partial charge is 0.494 e. The van der Waals surface area contributed by atoms with Crippen LogP contribution in [0.3, 0.4) is 0 Å². The number of ether oxygens (including phenoxy) is 2. The summed E-state index contributed by atoms with van der Waals surface area (Å²) in [6.45, 7) is 2.07. The normalized spacial score (nSPS) is 14.0. The van der Waals surface area contributed by atoms with E-state index in [0.29, 0.717) is 34.9 Å². The molecule has 0 bridgehead atoms. The van der Waals surface area contributed by atoms with Crippen LogP contribution in [0.4, 0.5) is 10.5 Å². The number of carboxylic acids is 1. The molecule has 11 heteroatoms. The van der Waals surface area contributed by atoms with Crippen molar-refractivity contribution in [1.82, 2.24) is 4.90 Å². The minimum absolute atomic E-state index is 0.109. The summed E-state index contributed by atoms with van der Waals surface area (Å²) < 4.78 is 11.1. The number of carboxylic acid groups (broad SMARTS) is 1. The Balaban J connectivity index is 1.37. The molecule has 0 unspecified atom stereocenters. The van der Waals surface area contributed by atoms with E-state index in [1.165, 1.54) is 18.2 Å². The van der Waals surface area contributed by atoms with Gasteiger partial charge in [0.25, 0.3) is 11.1 Å². The van der Waals surface area contributed by atoms with Crippen LogP contribution in [0, 0.1) is 0 Å². The molecule has 200 valence electrons. The van der Waals surface area contributed by atoms with E-state index in [1.54, 1.807) is 54.6 Å². The molecule has 0 aliphatic carbocycles. The molecule has 1 fully saturated rings. The van der Waals surface area contributed by atoms with Gasteiger partial charge in [0.1, 0.15) is 24.7 Å². The predicted molar refractivity (Wildman–Crippen MR) is 148 cm³/mol. The van der Waals surface area contributed by atoms with Gasteiger partial charge < -0.3 is 19.9 Å². The fourth-order valence-corrected chi connectivity index (χ4v) is 4.69. The van der Waals surface area contributed by atoms with E-state index < -0.39 is 29.6 Å². The Labute approximate surface area is 233 Å². The number of rotatable bonds is 10. The molecule has 3 amide bonds. The van der Waals surface area contributed by atoms with Crippen molar-refractivity contribution in [1.29, 1.82) is 0 Å². The Kier molecular flexibility index (Phi) is 8.90. The molecule has 3 aromatic carbocycles. The molecule has 0 spiro atoms. The lowest BCUT2D eigenvalue weighted by atomic mass is 10.1. The van der Waals surface area contributed by atoms with E-state index in [4.69, 9.17) is 26.2 Å². The van der Waals surface area contributed by atoms with E-state index in [2.05, 4.69) is 5.32 Å². The zero-order chi connectivity index (χ0) is 27.9. The van der Waals surface area contributed by atoms with Crippen LogP contribution in [0.25, 0.3) is 6.08 Å². The topological polar surface area (TPSA) is 122 Å². The van der Waals surface area contributed by atoms with E-state index in [0.717, 1.165) is 16.7 Å². The Bertz CT molecular complexity index is 1460. The average Bonchev–Trinajstić information content (AvgIpc) is 3.16. The minimum atomic E-state index is -1.03. The number of imide groups is 1. The summed E-state index contributed by atoms with van der Waals surface area (Å²) in [6, 6.07) is 18.0. The number of carbonyl (C=O) groups excluding carboxylic acids is 3. The smallest absolute Gasteiger partial charge is 0.335 e. The molecular weight excluding hydrogens is 544 g/mol. The molecule has 1 aliphatic heterocycles. The lowest BCUT2D eigenvalue weighted by Gasteiger charge is -2.13. The third kappa shape index (κ3) is 7.18. The van der Waals surface area contributed by atoms with E-state index in [-0.39, 0.29) is 22.1 Å². The first-order chi connectivity index (χ1) is 18.7. The number of thioether (sulfide) groups is 1. The number of amides is 3. The number of hydrogen-bond acceptors (Lipinski definition) is 7. The van der Waals surface area contributed by atoms with Crippen LogP contribution in [0.5, 0.6) is 11.5 Å². The standard InChI is InChI=1S/C28H23ClN2O7S/c1-2-37-21-9-7-20(8-10-21)30-25(32)15-31-26(33)24(39-28(31)36)14-17-6-11-23(22(29)13-17)38-16-18-4-3-5-19(12-18)27(34)35/h3-14H,2,15-16H2,1H3,(H,30,32)(H,34,35)/b24-14+. The summed E-state index contributed by atoms with van der Waals surface area (Å²) >= 11 is 7.08. The lowest BCUT2D eigenvalue weighted by molar-refractivity contribution is -0.127. The van der Waals surface area contributed by atoms with E-state index in [1.807, 2.05) is 6.92 Å². The van der Waals surface area contributed by atoms with Crippen LogP contribution in [0.15, 0.2) is 71.6 Å². The molecule has 0 aromatic heterocycles. The fourth-order valence-electron chi connectivity index (χ4n) is 3.61. The highest BCUT2D eigenvalue weighted by atomic mass is 35.5. The third-order valence-corrected chi connectivity index (χ3v) is 6.65. The highest BCUT2D eigenvalue weighted by Crippen LogP contribution is 2.34. The molecule has 0 saturated carbocycles. The molecule has 4 rings (SSSR count). The first kappa shape index (κ1) is 27.7. The second kappa shape index (κ2) is 12.5. The highest BCUT2D eigenvalue weighted by Gasteiger charge is 2.36. The van der Waals surface area contributed by atoms with Gasteiger partial charge in [-0.15, -0.1) is 0 Å². The van der Waals surface area contributed by atoms with Gasteiger partial charge in [0.2, 0.25) is 5.91 Å². The van der Waals surface area contributed by atoms with Gasteiger partial charge in [-0.2, -0.15) is 0 Å².